The van der Waals surface area contributed by atoms with E-state index in [1.165, 1.54) is 0 Å². The van der Waals surface area contributed by atoms with E-state index in [1.54, 1.807) is 0 Å². The van der Waals surface area contributed by atoms with Gasteiger partial charge in [-0.05, 0) is 60.3 Å². The first-order valence-electron chi connectivity index (χ1n) is 10.4. The molecule has 1 amide bonds. The van der Waals surface area contributed by atoms with Crippen LogP contribution in [0.5, 0.6) is 0 Å². The molecule has 3 fully saturated rings. The minimum atomic E-state index is 0.0491. The Morgan fingerprint density at radius 2 is 1.85 bits per heavy atom. The molecule has 0 N–H and O–H groups in total. The number of hydrogen-bond acceptors (Lipinski definition) is 5. The number of likely N-dealkylation sites (N-methyl/N-ethyl adjacent to an activating group) is 1. The summed E-state index contributed by atoms with van der Waals surface area (Å²) < 4.78 is 5.92. The van der Waals surface area contributed by atoms with E-state index in [0.29, 0.717) is 12.5 Å². The predicted octanol–water partition coefficient (Wildman–Crippen LogP) is 1.11. The zero-order chi connectivity index (χ0) is 18.7. The fraction of sp³-hybridized carbons (Fsp3) is 0.950. The molecule has 0 aliphatic carbocycles. The topological polar surface area (TPSA) is 39.3 Å². The number of likely N-dealkylation sites (tertiary alicyclic amines) is 1. The third-order valence-electron chi connectivity index (χ3n) is 6.79. The van der Waals surface area contributed by atoms with E-state index < -0.39 is 0 Å². The van der Waals surface area contributed by atoms with Gasteiger partial charge in [0.1, 0.15) is 0 Å². The van der Waals surface area contributed by atoms with Gasteiger partial charge in [-0.15, -0.1) is 0 Å². The fourth-order valence-corrected chi connectivity index (χ4v) is 4.74. The summed E-state index contributed by atoms with van der Waals surface area (Å²) in [4.78, 5) is 22.6. The SMILES string of the molecule is CC(C)N1CCO[C@H](CC(=O)N2CCCN(C)C3(CCN(C)CC3)C2)C1. The molecule has 1 spiro atoms. The van der Waals surface area contributed by atoms with Gasteiger partial charge in [0.05, 0.1) is 19.1 Å². The summed E-state index contributed by atoms with van der Waals surface area (Å²) in [7, 11) is 4.46. The molecule has 0 radical (unpaired) electrons. The summed E-state index contributed by atoms with van der Waals surface area (Å²) >= 11 is 0. The second-order valence-corrected chi connectivity index (χ2v) is 8.90. The average molecular weight is 367 g/mol. The Bertz CT molecular complexity index is 476. The highest BCUT2D eigenvalue weighted by Crippen LogP contribution is 2.31. The van der Waals surface area contributed by atoms with Crippen molar-refractivity contribution in [2.75, 3.05) is 66.5 Å². The van der Waals surface area contributed by atoms with E-state index in [9.17, 15) is 4.79 Å². The zero-order valence-corrected chi connectivity index (χ0v) is 17.2. The van der Waals surface area contributed by atoms with E-state index in [2.05, 4.69) is 47.5 Å². The highest BCUT2D eigenvalue weighted by atomic mass is 16.5. The number of rotatable bonds is 3. The number of morpholine rings is 1. The lowest BCUT2D eigenvalue weighted by Gasteiger charge is -2.47. The van der Waals surface area contributed by atoms with Crippen LogP contribution >= 0.6 is 0 Å². The first-order chi connectivity index (χ1) is 12.4. The van der Waals surface area contributed by atoms with Crippen molar-refractivity contribution in [3.05, 3.63) is 0 Å². The lowest BCUT2D eigenvalue weighted by atomic mass is 9.85. The molecule has 6 heteroatoms. The van der Waals surface area contributed by atoms with Crippen LogP contribution in [0.25, 0.3) is 0 Å². The van der Waals surface area contributed by atoms with Crippen LogP contribution in [0.15, 0.2) is 0 Å². The van der Waals surface area contributed by atoms with Crippen molar-refractivity contribution in [3.8, 4) is 0 Å². The number of hydrogen-bond donors (Lipinski definition) is 0. The monoisotopic (exact) mass is 366 g/mol. The number of nitrogens with zero attached hydrogens (tertiary/aromatic N) is 4. The Morgan fingerprint density at radius 3 is 2.54 bits per heavy atom. The van der Waals surface area contributed by atoms with Gasteiger partial charge in [-0.3, -0.25) is 14.6 Å². The van der Waals surface area contributed by atoms with Crippen LogP contribution in [0.3, 0.4) is 0 Å². The largest absolute Gasteiger partial charge is 0.375 e. The molecule has 3 saturated heterocycles. The van der Waals surface area contributed by atoms with Gasteiger partial charge in [0.25, 0.3) is 0 Å². The molecular formula is C20H38N4O2. The lowest BCUT2D eigenvalue weighted by Crippen LogP contribution is -2.58. The first kappa shape index (κ1) is 20.1. The second-order valence-electron chi connectivity index (χ2n) is 8.90. The molecule has 0 aromatic carbocycles. The molecular weight excluding hydrogens is 328 g/mol. The van der Waals surface area contributed by atoms with Gasteiger partial charge in [-0.1, -0.05) is 0 Å². The van der Waals surface area contributed by atoms with Gasteiger partial charge in [0, 0.05) is 44.3 Å². The summed E-state index contributed by atoms with van der Waals surface area (Å²) in [6.07, 6.45) is 3.97. The Hall–Kier alpha value is -0.690. The van der Waals surface area contributed by atoms with Crippen molar-refractivity contribution < 1.29 is 9.53 Å². The molecule has 26 heavy (non-hydrogen) atoms. The molecule has 0 aromatic heterocycles. The standard InChI is InChI=1S/C20H38N4O2/c1-17(2)23-12-13-26-18(15-23)14-19(25)24-9-5-8-22(4)20(16-24)6-10-21(3)11-7-20/h17-18H,5-16H2,1-4H3/t18-/m1/s1. The minimum absolute atomic E-state index is 0.0491. The Labute approximate surface area is 159 Å². The Balaban J connectivity index is 1.61. The quantitative estimate of drug-likeness (QED) is 0.748. The molecule has 3 rings (SSSR count). The summed E-state index contributed by atoms with van der Waals surface area (Å²) in [6.45, 7) is 12.2. The second kappa shape index (κ2) is 8.55. The number of amides is 1. The average Bonchev–Trinajstić information content (AvgIpc) is 2.78. The molecule has 1 atom stereocenters. The molecule has 6 nitrogen and oxygen atoms in total. The summed E-state index contributed by atoms with van der Waals surface area (Å²) in [5.74, 6) is 0.286. The molecule has 0 bridgehead atoms. The summed E-state index contributed by atoms with van der Waals surface area (Å²) in [5.41, 5.74) is 0.163. The number of ether oxygens (including phenoxy) is 1. The van der Waals surface area contributed by atoms with Crippen LogP contribution in [0.1, 0.15) is 39.5 Å². The highest BCUT2D eigenvalue weighted by molar-refractivity contribution is 5.77. The third kappa shape index (κ3) is 4.58. The Kier molecular flexibility index (Phi) is 6.59. The van der Waals surface area contributed by atoms with E-state index in [1.807, 2.05) is 0 Å². The van der Waals surface area contributed by atoms with Crippen molar-refractivity contribution in [1.29, 1.82) is 0 Å². The number of carbonyl (C=O) groups is 1. The van der Waals surface area contributed by atoms with Crippen LogP contribution in [0, 0.1) is 0 Å². The maximum absolute atomic E-state index is 13.1. The third-order valence-corrected chi connectivity index (χ3v) is 6.79. The van der Waals surface area contributed by atoms with E-state index in [4.69, 9.17) is 4.74 Å². The molecule has 3 aliphatic heterocycles. The van der Waals surface area contributed by atoms with Crippen molar-refractivity contribution in [1.82, 2.24) is 19.6 Å². The number of piperidine rings is 1. The lowest BCUT2D eigenvalue weighted by molar-refractivity contribution is -0.138. The van der Waals surface area contributed by atoms with Gasteiger partial charge >= 0.3 is 0 Å². The molecule has 0 saturated carbocycles. The van der Waals surface area contributed by atoms with Gasteiger partial charge in [0.15, 0.2) is 0 Å². The fourth-order valence-electron chi connectivity index (χ4n) is 4.74. The first-order valence-corrected chi connectivity index (χ1v) is 10.4. The van der Waals surface area contributed by atoms with Gasteiger partial charge in [0.2, 0.25) is 5.91 Å². The smallest absolute Gasteiger partial charge is 0.225 e. The summed E-state index contributed by atoms with van der Waals surface area (Å²) in [5, 5.41) is 0. The van der Waals surface area contributed by atoms with Crippen molar-refractivity contribution in [3.63, 3.8) is 0 Å². The normalized spacial score (nSPS) is 29.3. The predicted molar refractivity (Wildman–Crippen MR) is 104 cm³/mol. The van der Waals surface area contributed by atoms with E-state index in [-0.39, 0.29) is 17.6 Å². The number of carbonyl (C=O) groups excluding carboxylic acids is 1. The minimum Gasteiger partial charge on any atom is -0.375 e. The van der Waals surface area contributed by atoms with Crippen LogP contribution in [-0.4, -0.2) is 110 Å². The van der Waals surface area contributed by atoms with Gasteiger partial charge in [-0.25, -0.2) is 0 Å². The van der Waals surface area contributed by atoms with Crippen LogP contribution in [-0.2, 0) is 9.53 Å². The summed E-state index contributed by atoms with van der Waals surface area (Å²) in [6, 6.07) is 0.519. The zero-order valence-electron chi connectivity index (χ0n) is 17.2. The Morgan fingerprint density at radius 1 is 1.12 bits per heavy atom. The van der Waals surface area contributed by atoms with Crippen LogP contribution in [0.4, 0.5) is 0 Å². The molecule has 0 aromatic rings. The van der Waals surface area contributed by atoms with Crippen molar-refractivity contribution in [2.24, 2.45) is 0 Å². The molecule has 0 unspecified atom stereocenters. The molecule has 3 aliphatic rings. The maximum atomic E-state index is 13.1. The maximum Gasteiger partial charge on any atom is 0.225 e. The van der Waals surface area contributed by atoms with Crippen LogP contribution < -0.4 is 0 Å². The van der Waals surface area contributed by atoms with Crippen molar-refractivity contribution >= 4 is 5.91 Å². The van der Waals surface area contributed by atoms with Crippen molar-refractivity contribution in [2.45, 2.75) is 57.2 Å². The van der Waals surface area contributed by atoms with E-state index in [0.717, 1.165) is 71.7 Å². The van der Waals surface area contributed by atoms with Gasteiger partial charge in [-0.2, -0.15) is 0 Å². The highest BCUT2D eigenvalue weighted by Gasteiger charge is 2.41. The molecule has 3 heterocycles. The van der Waals surface area contributed by atoms with E-state index >= 15 is 0 Å². The molecule has 150 valence electrons. The van der Waals surface area contributed by atoms with Gasteiger partial charge < -0.3 is 14.5 Å². The van der Waals surface area contributed by atoms with Crippen LogP contribution in [0.2, 0.25) is 0 Å².